The molecule has 0 heterocycles. The van der Waals surface area contributed by atoms with E-state index in [1.165, 1.54) is 6.07 Å². The SMILES string of the molecule is CNC1(c2cccc(F)c2)CC1.Cl. The molecule has 72 valence electrons. The van der Waals surface area contributed by atoms with Crippen LogP contribution >= 0.6 is 12.4 Å². The van der Waals surface area contributed by atoms with Gasteiger partial charge in [0.25, 0.3) is 0 Å². The van der Waals surface area contributed by atoms with E-state index in [9.17, 15) is 4.39 Å². The molecule has 0 aliphatic heterocycles. The highest BCUT2D eigenvalue weighted by molar-refractivity contribution is 5.85. The third-order valence-corrected chi connectivity index (χ3v) is 2.61. The van der Waals surface area contributed by atoms with Gasteiger partial charge in [0.1, 0.15) is 5.82 Å². The van der Waals surface area contributed by atoms with E-state index < -0.39 is 0 Å². The van der Waals surface area contributed by atoms with E-state index in [2.05, 4.69) is 5.32 Å². The highest BCUT2D eigenvalue weighted by Gasteiger charge is 2.42. The third-order valence-electron chi connectivity index (χ3n) is 2.61. The summed E-state index contributed by atoms with van der Waals surface area (Å²) in [5, 5.41) is 3.23. The van der Waals surface area contributed by atoms with Crippen molar-refractivity contribution in [2.75, 3.05) is 7.05 Å². The fraction of sp³-hybridized carbons (Fsp3) is 0.400. The summed E-state index contributed by atoms with van der Waals surface area (Å²) in [6.45, 7) is 0. The van der Waals surface area contributed by atoms with Gasteiger partial charge in [0.05, 0.1) is 0 Å². The molecule has 1 aliphatic carbocycles. The van der Waals surface area contributed by atoms with Crippen LogP contribution in [0.4, 0.5) is 4.39 Å². The van der Waals surface area contributed by atoms with Gasteiger partial charge >= 0.3 is 0 Å². The molecule has 1 nitrogen and oxygen atoms in total. The van der Waals surface area contributed by atoms with Crippen LogP contribution in [0.3, 0.4) is 0 Å². The Balaban J connectivity index is 0.000000845. The van der Waals surface area contributed by atoms with E-state index in [4.69, 9.17) is 0 Å². The minimum atomic E-state index is -0.144. The smallest absolute Gasteiger partial charge is 0.123 e. The van der Waals surface area contributed by atoms with E-state index in [-0.39, 0.29) is 23.8 Å². The maximum absolute atomic E-state index is 12.8. The minimum Gasteiger partial charge on any atom is -0.310 e. The maximum atomic E-state index is 12.8. The number of benzene rings is 1. The highest BCUT2D eigenvalue weighted by Crippen LogP contribution is 2.44. The molecule has 3 heteroatoms. The van der Waals surface area contributed by atoms with Crippen molar-refractivity contribution >= 4 is 12.4 Å². The van der Waals surface area contributed by atoms with E-state index in [1.54, 1.807) is 12.1 Å². The summed E-state index contributed by atoms with van der Waals surface area (Å²) < 4.78 is 12.8. The van der Waals surface area contributed by atoms with Gasteiger partial charge in [-0.3, -0.25) is 0 Å². The van der Waals surface area contributed by atoms with Gasteiger partial charge in [-0.05, 0) is 37.6 Å². The summed E-state index contributed by atoms with van der Waals surface area (Å²) in [7, 11) is 1.93. The van der Waals surface area contributed by atoms with Crippen LogP contribution in [0.1, 0.15) is 18.4 Å². The molecule has 0 spiro atoms. The van der Waals surface area contributed by atoms with Crippen LogP contribution in [0.5, 0.6) is 0 Å². The molecule has 0 aromatic heterocycles. The lowest BCUT2D eigenvalue weighted by Crippen LogP contribution is -2.24. The van der Waals surface area contributed by atoms with Crippen molar-refractivity contribution in [2.45, 2.75) is 18.4 Å². The van der Waals surface area contributed by atoms with Gasteiger partial charge in [-0.15, -0.1) is 12.4 Å². The van der Waals surface area contributed by atoms with Crippen molar-refractivity contribution in [3.8, 4) is 0 Å². The normalized spacial score (nSPS) is 17.7. The molecule has 0 atom stereocenters. The predicted octanol–water partition coefficient (Wildman–Crippen LogP) is 2.46. The molecule has 1 saturated carbocycles. The Labute approximate surface area is 83.8 Å². The molecule has 1 N–H and O–H groups in total. The van der Waals surface area contributed by atoms with Gasteiger partial charge in [-0.25, -0.2) is 4.39 Å². The Bertz CT molecular complexity index is 297. The zero-order chi connectivity index (χ0) is 8.60. The van der Waals surface area contributed by atoms with E-state index in [0.717, 1.165) is 18.4 Å². The fourth-order valence-electron chi connectivity index (χ4n) is 1.59. The first-order valence-electron chi connectivity index (χ1n) is 4.22. The lowest BCUT2D eigenvalue weighted by molar-refractivity contribution is 0.571. The van der Waals surface area contributed by atoms with Crippen molar-refractivity contribution < 1.29 is 4.39 Å². The molecule has 0 unspecified atom stereocenters. The van der Waals surface area contributed by atoms with Crippen molar-refractivity contribution in [2.24, 2.45) is 0 Å². The summed E-state index contributed by atoms with van der Waals surface area (Å²) in [5.41, 5.74) is 1.16. The number of hydrogen-bond acceptors (Lipinski definition) is 1. The number of hydrogen-bond donors (Lipinski definition) is 1. The summed E-state index contributed by atoms with van der Waals surface area (Å²) in [4.78, 5) is 0. The van der Waals surface area contributed by atoms with Crippen LogP contribution in [0.2, 0.25) is 0 Å². The molecule has 1 aliphatic rings. The summed E-state index contributed by atoms with van der Waals surface area (Å²) in [6, 6.07) is 6.84. The number of nitrogens with one attached hydrogen (secondary N) is 1. The zero-order valence-corrected chi connectivity index (χ0v) is 8.33. The van der Waals surface area contributed by atoms with Gasteiger partial charge in [-0.1, -0.05) is 12.1 Å². The molecule has 1 aromatic carbocycles. The molecule has 0 bridgehead atoms. The lowest BCUT2D eigenvalue weighted by Gasteiger charge is -2.13. The van der Waals surface area contributed by atoms with Gasteiger partial charge in [0.15, 0.2) is 0 Å². The Hall–Kier alpha value is -0.600. The van der Waals surface area contributed by atoms with Gasteiger partial charge < -0.3 is 5.32 Å². The molecule has 0 amide bonds. The first kappa shape index (κ1) is 10.5. The van der Waals surface area contributed by atoms with Gasteiger partial charge in [0.2, 0.25) is 0 Å². The second-order valence-corrected chi connectivity index (χ2v) is 3.34. The second-order valence-electron chi connectivity index (χ2n) is 3.34. The predicted molar refractivity (Wildman–Crippen MR) is 53.6 cm³/mol. The Kier molecular flexibility index (Phi) is 2.94. The average molecular weight is 202 g/mol. The first-order chi connectivity index (χ1) is 5.77. The molecule has 1 aromatic rings. The Morgan fingerprint density at radius 1 is 1.38 bits per heavy atom. The van der Waals surface area contributed by atoms with Crippen LogP contribution in [-0.4, -0.2) is 7.05 Å². The maximum Gasteiger partial charge on any atom is 0.123 e. The van der Waals surface area contributed by atoms with E-state index in [1.807, 2.05) is 13.1 Å². The number of halogens is 2. The monoisotopic (exact) mass is 201 g/mol. The molecule has 0 radical (unpaired) electrons. The lowest BCUT2D eigenvalue weighted by atomic mass is 10.1. The summed E-state index contributed by atoms with van der Waals surface area (Å²) in [5.74, 6) is -0.144. The quantitative estimate of drug-likeness (QED) is 0.775. The molecular formula is C10H13ClFN. The second kappa shape index (κ2) is 3.64. The van der Waals surface area contributed by atoms with E-state index in [0.29, 0.717) is 0 Å². The zero-order valence-electron chi connectivity index (χ0n) is 7.51. The van der Waals surface area contributed by atoms with Crippen molar-refractivity contribution in [1.29, 1.82) is 0 Å². The molecule has 2 rings (SSSR count). The largest absolute Gasteiger partial charge is 0.310 e. The van der Waals surface area contributed by atoms with Gasteiger partial charge in [0, 0.05) is 5.54 Å². The number of rotatable bonds is 2. The van der Waals surface area contributed by atoms with Crippen LogP contribution < -0.4 is 5.32 Å². The van der Waals surface area contributed by atoms with Crippen molar-refractivity contribution in [1.82, 2.24) is 5.32 Å². The van der Waals surface area contributed by atoms with Crippen LogP contribution in [-0.2, 0) is 5.54 Å². The first-order valence-corrected chi connectivity index (χ1v) is 4.22. The third kappa shape index (κ3) is 1.84. The Morgan fingerprint density at radius 3 is 2.54 bits per heavy atom. The molecule has 0 saturated heterocycles. The van der Waals surface area contributed by atoms with Crippen molar-refractivity contribution in [3.63, 3.8) is 0 Å². The van der Waals surface area contributed by atoms with E-state index >= 15 is 0 Å². The summed E-state index contributed by atoms with van der Waals surface area (Å²) >= 11 is 0. The van der Waals surface area contributed by atoms with Crippen LogP contribution in [0.15, 0.2) is 24.3 Å². The Morgan fingerprint density at radius 2 is 2.08 bits per heavy atom. The average Bonchev–Trinajstić information content (AvgIpc) is 2.84. The van der Waals surface area contributed by atoms with Crippen LogP contribution in [0.25, 0.3) is 0 Å². The molecule has 1 fully saturated rings. The minimum absolute atomic E-state index is 0. The fourth-order valence-corrected chi connectivity index (χ4v) is 1.59. The van der Waals surface area contributed by atoms with Gasteiger partial charge in [-0.2, -0.15) is 0 Å². The standard InChI is InChI=1S/C10H12FN.ClH/c1-12-10(5-6-10)8-3-2-4-9(11)7-8;/h2-4,7,12H,5-6H2,1H3;1H. The topological polar surface area (TPSA) is 12.0 Å². The molecule has 13 heavy (non-hydrogen) atoms. The highest BCUT2D eigenvalue weighted by atomic mass is 35.5. The summed E-state index contributed by atoms with van der Waals surface area (Å²) in [6.07, 6.45) is 2.24. The molecular weight excluding hydrogens is 189 g/mol. The van der Waals surface area contributed by atoms with Crippen LogP contribution in [0, 0.1) is 5.82 Å². The van der Waals surface area contributed by atoms with Crippen molar-refractivity contribution in [3.05, 3.63) is 35.6 Å².